The van der Waals surface area contributed by atoms with E-state index in [0.717, 1.165) is 12.8 Å². The molecule has 0 aliphatic rings. The molecular formula is C14H26O2. The van der Waals surface area contributed by atoms with Crippen LogP contribution in [0.3, 0.4) is 0 Å². The molecule has 16 heavy (non-hydrogen) atoms. The van der Waals surface area contributed by atoms with E-state index in [0.29, 0.717) is 0 Å². The molecule has 0 heterocycles. The highest BCUT2D eigenvalue weighted by Crippen LogP contribution is 2.12. The average Bonchev–Trinajstić information content (AvgIpc) is 2.28. The van der Waals surface area contributed by atoms with Crippen molar-refractivity contribution in [1.82, 2.24) is 0 Å². The molecule has 2 nitrogen and oxygen atoms in total. The molecule has 0 fully saturated rings. The minimum absolute atomic E-state index is 0.203. The Kier molecular flexibility index (Phi) is 11.5. The summed E-state index contributed by atoms with van der Waals surface area (Å²) < 4.78 is 10.4. The molecule has 0 aromatic heterocycles. The van der Waals surface area contributed by atoms with Crippen LogP contribution in [0.2, 0.25) is 0 Å². The first-order chi connectivity index (χ1) is 7.85. The summed E-state index contributed by atoms with van der Waals surface area (Å²) in [5, 5.41) is 0. The van der Waals surface area contributed by atoms with Gasteiger partial charge in [0.15, 0.2) is 0 Å². The number of hydrogen-bond donors (Lipinski definition) is 0. The summed E-state index contributed by atoms with van der Waals surface area (Å²) in [6, 6.07) is 0. The molecule has 0 saturated carbocycles. The first-order valence-corrected chi connectivity index (χ1v) is 6.37. The molecular weight excluding hydrogens is 200 g/mol. The molecule has 2 heteroatoms. The maximum Gasteiger partial charge on any atom is 0.239 e. The Morgan fingerprint density at radius 3 is 1.88 bits per heavy atom. The SMILES string of the molecule is C=COC(CCCCCCCCC)OC=C. The van der Waals surface area contributed by atoms with Gasteiger partial charge in [0, 0.05) is 6.42 Å². The van der Waals surface area contributed by atoms with E-state index in [1.54, 1.807) is 0 Å². The topological polar surface area (TPSA) is 18.5 Å². The molecule has 0 amide bonds. The van der Waals surface area contributed by atoms with E-state index in [-0.39, 0.29) is 6.29 Å². The lowest BCUT2D eigenvalue weighted by molar-refractivity contribution is -0.0664. The highest BCUT2D eigenvalue weighted by molar-refractivity contribution is 4.59. The summed E-state index contributed by atoms with van der Waals surface area (Å²) >= 11 is 0. The molecule has 0 aromatic rings. The lowest BCUT2D eigenvalue weighted by Crippen LogP contribution is -2.11. The first kappa shape index (κ1) is 15.1. The third-order valence-corrected chi connectivity index (χ3v) is 2.54. The normalized spacial score (nSPS) is 10.1. The number of ether oxygens (including phenoxy) is 2. The third kappa shape index (κ3) is 9.63. The molecule has 0 bridgehead atoms. The van der Waals surface area contributed by atoms with Crippen LogP contribution < -0.4 is 0 Å². The van der Waals surface area contributed by atoms with Crippen LogP contribution in [0.5, 0.6) is 0 Å². The van der Waals surface area contributed by atoms with Crippen LogP contribution in [0.1, 0.15) is 58.3 Å². The van der Waals surface area contributed by atoms with Gasteiger partial charge in [-0.05, 0) is 6.42 Å². The van der Waals surface area contributed by atoms with E-state index >= 15 is 0 Å². The van der Waals surface area contributed by atoms with Gasteiger partial charge in [-0.25, -0.2) is 0 Å². The molecule has 0 unspecified atom stereocenters. The number of rotatable bonds is 12. The van der Waals surface area contributed by atoms with Crippen LogP contribution in [0.4, 0.5) is 0 Å². The van der Waals surface area contributed by atoms with E-state index in [1.165, 1.54) is 51.0 Å². The zero-order valence-electron chi connectivity index (χ0n) is 10.6. The second-order valence-electron chi connectivity index (χ2n) is 3.95. The van der Waals surface area contributed by atoms with Crippen LogP contribution in [0, 0.1) is 0 Å². The van der Waals surface area contributed by atoms with Crippen molar-refractivity contribution in [2.75, 3.05) is 0 Å². The number of hydrogen-bond acceptors (Lipinski definition) is 2. The standard InChI is InChI=1S/C14H26O2/c1-4-7-8-9-10-11-12-13-14(15-5-2)16-6-3/h5-6,14H,2-4,7-13H2,1H3. The summed E-state index contributed by atoms with van der Waals surface area (Å²) in [6.07, 6.45) is 12.6. The Morgan fingerprint density at radius 2 is 1.38 bits per heavy atom. The molecule has 0 aliphatic carbocycles. The predicted molar refractivity (Wildman–Crippen MR) is 69.0 cm³/mol. The van der Waals surface area contributed by atoms with Crippen LogP contribution in [0.15, 0.2) is 25.7 Å². The van der Waals surface area contributed by atoms with Gasteiger partial charge < -0.3 is 9.47 Å². The lowest BCUT2D eigenvalue weighted by Gasteiger charge is -2.15. The molecule has 0 saturated heterocycles. The zero-order chi connectivity index (χ0) is 12.1. The maximum absolute atomic E-state index is 5.20. The van der Waals surface area contributed by atoms with Crippen molar-refractivity contribution in [3.8, 4) is 0 Å². The Morgan fingerprint density at radius 1 is 0.875 bits per heavy atom. The second kappa shape index (κ2) is 12.2. The molecule has 0 aliphatic heterocycles. The fraction of sp³-hybridized carbons (Fsp3) is 0.714. The molecule has 94 valence electrons. The van der Waals surface area contributed by atoms with Gasteiger partial charge in [-0.2, -0.15) is 0 Å². The quantitative estimate of drug-likeness (QED) is 0.271. The van der Waals surface area contributed by atoms with Gasteiger partial charge in [0.05, 0.1) is 12.5 Å². The van der Waals surface area contributed by atoms with Crippen molar-refractivity contribution in [2.24, 2.45) is 0 Å². The van der Waals surface area contributed by atoms with Gasteiger partial charge in [-0.3, -0.25) is 0 Å². The molecule has 0 rings (SSSR count). The second-order valence-corrected chi connectivity index (χ2v) is 3.95. The highest BCUT2D eigenvalue weighted by Gasteiger charge is 2.05. The fourth-order valence-corrected chi connectivity index (χ4v) is 1.65. The van der Waals surface area contributed by atoms with E-state index < -0.39 is 0 Å². The fourth-order valence-electron chi connectivity index (χ4n) is 1.65. The predicted octanol–water partition coefficient (Wildman–Crippen LogP) is 4.77. The molecule has 0 radical (unpaired) electrons. The maximum atomic E-state index is 5.20. The van der Waals surface area contributed by atoms with E-state index in [1.807, 2.05) is 0 Å². The third-order valence-electron chi connectivity index (χ3n) is 2.54. The van der Waals surface area contributed by atoms with Crippen molar-refractivity contribution in [3.63, 3.8) is 0 Å². The summed E-state index contributed by atoms with van der Waals surface area (Å²) in [7, 11) is 0. The molecule has 0 N–H and O–H groups in total. The van der Waals surface area contributed by atoms with Gasteiger partial charge in [0.2, 0.25) is 6.29 Å². The largest absolute Gasteiger partial charge is 0.463 e. The smallest absolute Gasteiger partial charge is 0.239 e. The van der Waals surface area contributed by atoms with Crippen molar-refractivity contribution in [1.29, 1.82) is 0 Å². The summed E-state index contributed by atoms with van der Waals surface area (Å²) in [5.74, 6) is 0. The van der Waals surface area contributed by atoms with Gasteiger partial charge in [0.1, 0.15) is 0 Å². The van der Waals surface area contributed by atoms with Crippen molar-refractivity contribution in [3.05, 3.63) is 25.7 Å². The zero-order valence-corrected chi connectivity index (χ0v) is 10.6. The number of unbranched alkanes of at least 4 members (excludes halogenated alkanes) is 6. The van der Waals surface area contributed by atoms with Gasteiger partial charge >= 0.3 is 0 Å². The minimum Gasteiger partial charge on any atom is -0.463 e. The Labute approximate surface area is 100 Å². The Bertz CT molecular complexity index is 156. The van der Waals surface area contributed by atoms with E-state index in [4.69, 9.17) is 9.47 Å². The summed E-state index contributed by atoms with van der Waals surface area (Å²) in [4.78, 5) is 0. The monoisotopic (exact) mass is 226 g/mol. The van der Waals surface area contributed by atoms with Gasteiger partial charge in [0.25, 0.3) is 0 Å². The Balaban J connectivity index is 3.32. The Hall–Kier alpha value is -0.920. The summed E-state index contributed by atoms with van der Waals surface area (Å²) in [6.45, 7) is 9.29. The lowest BCUT2D eigenvalue weighted by atomic mass is 10.1. The molecule has 0 aromatic carbocycles. The van der Waals surface area contributed by atoms with Crippen LogP contribution >= 0.6 is 0 Å². The molecule has 0 spiro atoms. The van der Waals surface area contributed by atoms with Crippen LogP contribution in [-0.4, -0.2) is 6.29 Å². The first-order valence-electron chi connectivity index (χ1n) is 6.37. The average molecular weight is 226 g/mol. The van der Waals surface area contributed by atoms with Gasteiger partial charge in [-0.1, -0.05) is 58.6 Å². The van der Waals surface area contributed by atoms with Crippen LogP contribution in [-0.2, 0) is 9.47 Å². The van der Waals surface area contributed by atoms with Gasteiger partial charge in [-0.15, -0.1) is 0 Å². The van der Waals surface area contributed by atoms with Crippen molar-refractivity contribution >= 4 is 0 Å². The van der Waals surface area contributed by atoms with E-state index in [9.17, 15) is 0 Å². The highest BCUT2D eigenvalue weighted by atomic mass is 16.7. The van der Waals surface area contributed by atoms with Crippen molar-refractivity contribution < 1.29 is 9.47 Å². The van der Waals surface area contributed by atoms with E-state index in [2.05, 4.69) is 20.1 Å². The van der Waals surface area contributed by atoms with Crippen molar-refractivity contribution in [2.45, 2.75) is 64.6 Å². The summed E-state index contributed by atoms with van der Waals surface area (Å²) in [5.41, 5.74) is 0. The molecule has 0 atom stereocenters. The van der Waals surface area contributed by atoms with Crippen LogP contribution in [0.25, 0.3) is 0 Å². The minimum atomic E-state index is -0.203.